The molecule has 1 unspecified atom stereocenters. The number of carbonyl (C=O) groups excluding carboxylic acids is 2. The third-order valence-electron chi connectivity index (χ3n) is 10.8. The van der Waals surface area contributed by atoms with Crippen molar-refractivity contribution in [1.82, 2.24) is 20.3 Å². The minimum atomic E-state index is -2.89. The molecule has 2 saturated heterocycles. The van der Waals surface area contributed by atoms with Crippen molar-refractivity contribution in [2.24, 2.45) is 5.92 Å². The topological polar surface area (TPSA) is 142 Å². The molecule has 3 aromatic carbocycles. The molecule has 0 bridgehead atoms. The maximum absolute atomic E-state index is 14.9. The van der Waals surface area contributed by atoms with Crippen molar-refractivity contribution in [3.05, 3.63) is 101 Å². The van der Waals surface area contributed by atoms with Gasteiger partial charge in [-0.3, -0.25) is 14.3 Å². The average Bonchev–Trinajstić information content (AvgIpc) is 3.78. The highest BCUT2D eigenvalue weighted by Crippen LogP contribution is 2.60. The first-order valence-electron chi connectivity index (χ1n) is 17.6. The maximum atomic E-state index is 14.9. The fourth-order valence-corrected chi connectivity index (χ4v) is 11.0. The minimum Gasteiger partial charge on any atom is -0.497 e. The van der Waals surface area contributed by atoms with Gasteiger partial charge in [-0.2, -0.15) is 0 Å². The number of ether oxygens (including phenoxy) is 2. The van der Waals surface area contributed by atoms with E-state index in [9.17, 15) is 19.5 Å². The summed E-state index contributed by atoms with van der Waals surface area (Å²) in [5.41, 5.74) is 3.20. The van der Waals surface area contributed by atoms with Crippen LogP contribution in [0.4, 0.5) is 11.4 Å². The Bertz CT molecular complexity index is 1900. The van der Waals surface area contributed by atoms with Gasteiger partial charge >= 0.3 is 0 Å². The van der Waals surface area contributed by atoms with Crippen molar-refractivity contribution in [1.29, 1.82) is 0 Å². The van der Waals surface area contributed by atoms with Crippen LogP contribution in [0.15, 0.2) is 79.0 Å². The number of methoxy groups -OCH3 is 1. The molecule has 4 heterocycles. The fourth-order valence-electron chi connectivity index (χ4n) is 8.39. The van der Waals surface area contributed by atoms with Crippen LogP contribution in [-0.2, 0) is 33.0 Å². The number of aryl methyl sites for hydroxylation is 1. The van der Waals surface area contributed by atoms with E-state index in [0.29, 0.717) is 37.5 Å². The number of hydrogen-bond donors (Lipinski definition) is 3. The minimum absolute atomic E-state index is 0.0135. The van der Waals surface area contributed by atoms with Gasteiger partial charge in [0.25, 0.3) is 5.91 Å². The number of hydrogen-bond acceptors (Lipinski definition) is 9. The molecule has 0 radical (unpaired) electrons. The van der Waals surface area contributed by atoms with Gasteiger partial charge < -0.3 is 34.5 Å². The summed E-state index contributed by atoms with van der Waals surface area (Å²) in [6.07, 6.45) is 1.91. The van der Waals surface area contributed by atoms with Gasteiger partial charge in [0.05, 0.1) is 50.2 Å². The predicted molar refractivity (Wildman–Crippen MR) is 195 cm³/mol. The third-order valence-corrected chi connectivity index (χ3v) is 13.3. The summed E-state index contributed by atoms with van der Waals surface area (Å²) in [7, 11) is -1.29. The van der Waals surface area contributed by atoms with Crippen LogP contribution in [-0.4, -0.2) is 84.5 Å². The second kappa shape index (κ2) is 14.0. The van der Waals surface area contributed by atoms with Gasteiger partial charge in [-0.1, -0.05) is 54.6 Å². The lowest BCUT2D eigenvalue weighted by Gasteiger charge is -2.32. The van der Waals surface area contributed by atoms with Crippen LogP contribution in [0.1, 0.15) is 41.6 Å². The Balaban J connectivity index is 1.18. The lowest BCUT2D eigenvalue weighted by molar-refractivity contribution is -0.146. The van der Waals surface area contributed by atoms with Gasteiger partial charge in [-0.15, -0.1) is 5.10 Å². The Morgan fingerprint density at radius 2 is 1.90 bits per heavy atom. The number of aliphatic hydroxyl groups is 1. The zero-order valence-electron chi connectivity index (χ0n) is 29.5. The largest absolute Gasteiger partial charge is 0.497 e. The van der Waals surface area contributed by atoms with Gasteiger partial charge in [0.1, 0.15) is 5.75 Å². The Kier molecular flexibility index (Phi) is 9.59. The first-order valence-corrected chi connectivity index (χ1v) is 20.6. The maximum Gasteiger partial charge on any atom is 0.264 e. The highest BCUT2D eigenvalue weighted by Gasteiger charge is 2.66. The number of fused-ring (bicyclic) bond motifs is 2. The van der Waals surface area contributed by atoms with Crippen molar-refractivity contribution < 1.29 is 29.0 Å². The zero-order chi connectivity index (χ0) is 35.9. The summed E-state index contributed by atoms with van der Waals surface area (Å²) in [5, 5.41) is 22.0. The smallest absolute Gasteiger partial charge is 0.264 e. The number of piperazine rings is 1. The molecule has 3 N–H and O–H groups in total. The van der Waals surface area contributed by atoms with E-state index in [2.05, 4.69) is 15.6 Å². The lowest BCUT2D eigenvalue weighted by atomic mass is 9.82. The number of nitrogens with one attached hydrogen (secondary N) is 1. The Labute approximate surface area is 299 Å². The van der Waals surface area contributed by atoms with Crippen LogP contribution in [0.5, 0.6) is 5.75 Å². The van der Waals surface area contributed by atoms with Gasteiger partial charge in [0.2, 0.25) is 5.91 Å². The van der Waals surface area contributed by atoms with Crippen LogP contribution in [0.25, 0.3) is 0 Å². The summed E-state index contributed by atoms with van der Waals surface area (Å²) in [6, 6.07) is 23.2. The van der Waals surface area contributed by atoms with E-state index < -0.39 is 20.0 Å². The summed E-state index contributed by atoms with van der Waals surface area (Å²) in [4.78, 5) is 42.9. The number of aliphatic hydroxyl groups excluding tert-OH is 1. The number of amides is 2. The molecule has 2 amide bonds. The molecule has 13 heteroatoms. The Morgan fingerprint density at radius 3 is 2.63 bits per heavy atom. The third kappa shape index (κ3) is 6.37. The van der Waals surface area contributed by atoms with Gasteiger partial charge in [0, 0.05) is 48.5 Å². The normalized spacial score (nSPS) is 24.0. The molecule has 7 rings (SSSR count). The molecular weight excluding hydrogens is 665 g/mol. The van der Waals surface area contributed by atoms with Crippen LogP contribution < -0.4 is 19.9 Å². The zero-order valence-corrected chi connectivity index (χ0v) is 30.5. The molecule has 268 valence electrons. The molecule has 51 heavy (non-hydrogen) atoms. The van der Waals surface area contributed by atoms with Crippen LogP contribution in [0.3, 0.4) is 0 Å². The summed E-state index contributed by atoms with van der Waals surface area (Å²) < 4.78 is 14.4. The number of carbonyl (C=O) groups is 2. The lowest BCUT2D eigenvalue weighted by Crippen LogP contribution is -2.48. The number of nitrogens with zero attached hydrogens (tertiary/aromatic N) is 5. The Morgan fingerprint density at radius 1 is 1.10 bits per heavy atom. The van der Waals surface area contributed by atoms with Crippen molar-refractivity contribution >= 4 is 31.5 Å². The van der Waals surface area contributed by atoms with Crippen molar-refractivity contribution in [3.8, 4) is 5.75 Å². The number of anilines is 2. The van der Waals surface area contributed by atoms with Crippen molar-refractivity contribution in [2.75, 3.05) is 43.2 Å². The predicted octanol–water partition coefficient (Wildman–Crippen LogP) is 3.78. The number of benzene rings is 3. The van der Waals surface area contributed by atoms with E-state index in [1.165, 1.54) is 0 Å². The second-order valence-corrected chi connectivity index (χ2v) is 18.3. The van der Waals surface area contributed by atoms with E-state index in [4.69, 9.17) is 9.47 Å². The SMILES string of the molecule is COc1ccc2c(c1)[C@@]1(O[C@H](CCn3cc(C(CO)c4ccccc4)nn3)[C@@H]([Si](C)(C)O)[C@@H]1C)C(=O)N2Cc1cccc(N2CCNCC2=O)c1. The van der Waals surface area contributed by atoms with E-state index in [1.54, 1.807) is 21.6 Å². The fraction of sp³-hybridized carbons (Fsp3) is 0.421. The quantitative estimate of drug-likeness (QED) is 0.198. The van der Waals surface area contributed by atoms with E-state index in [1.807, 2.05) is 99.0 Å². The summed E-state index contributed by atoms with van der Waals surface area (Å²) in [6.45, 7) is 8.08. The van der Waals surface area contributed by atoms with E-state index >= 15 is 0 Å². The molecule has 2 fully saturated rings. The van der Waals surface area contributed by atoms with Crippen molar-refractivity contribution in [2.45, 2.75) is 62.7 Å². The molecule has 3 aliphatic rings. The van der Waals surface area contributed by atoms with Crippen LogP contribution in [0, 0.1) is 5.92 Å². The van der Waals surface area contributed by atoms with E-state index in [0.717, 1.165) is 34.6 Å². The van der Waals surface area contributed by atoms with Crippen molar-refractivity contribution in [3.63, 3.8) is 0 Å². The van der Waals surface area contributed by atoms with Crippen LogP contribution >= 0.6 is 0 Å². The van der Waals surface area contributed by atoms with Gasteiger partial charge in [0.15, 0.2) is 13.9 Å². The first-order chi connectivity index (χ1) is 24.5. The van der Waals surface area contributed by atoms with Gasteiger partial charge in [-0.05, 0) is 61.0 Å². The molecule has 3 aliphatic heterocycles. The summed E-state index contributed by atoms with van der Waals surface area (Å²) in [5.74, 6) is -0.186. The second-order valence-electron chi connectivity index (χ2n) is 14.4. The average molecular weight is 711 g/mol. The molecular formula is C38H46N6O6Si. The number of aromatic nitrogens is 3. The molecule has 0 saturated carbocycles. The van der Waals surface area contributed by atoms with Gasteiger partial charge in [-0.25, -0.2) is 0 Å². The summed E-state index contributed by atoms with van der Waals surface area (Å²) >= 11 is 0. The Hall–Kier alpha value is -4.40. The standard InChI is InChI=1S/C38H46N6O6Si/c1-25-36(51(3,4)48)34(15-17-42-23-32(40-41-42)30(24-45)27-10-6-5-7-11-27)50-38(25)31-20-29(49-2)13-14-33(31)44(37(38)47)22-26-9-8-12-28(19-26)43-18-16-39-21-35(43)46/h5-14,19-20,23,25,30,34,36,39,45,48H,15-18,21-22,24H2,1-4H3/t25-,30?,34+,36-,38+/m0/s1. The number of rotatable bonds is 11. The molecule has 1 aromatic heterocycles. The van der Waals surface area contributed by atoms with E-state index in [-0.39, 0.29) is 42.3 Å². The molecule has 12 nitrogen and oxygen atoms in total. The first kappa shape index (κ1) is 35.0. The molecule has 4 aromatic rings. The molecule has 5 atom stereocenters. The highest BCUT2D eigenvalue weighted by atomic mass is 28.4. The highest BCUT2D eigenvalue weighted by molar-refractivity contribution is 6.71. The van der Waals surface area contributed by atoms with Crippen LogP contribution in [0.2, 0.25) is 18.6 Å². The molecule has 1 spiro atoms. The molecule has 0 aliphatic carbocycles. The monoisotopic (exact) mass is 710 g/mol.